The molecule has 0 aliphatic rings. The SMILES string of the molecule is [CH3][Ge]([CH3])([CH3])[c]1ccc2ccc3nc(-c4cc5ccccc5c5ccccc45)ccc3c2c1. The molecule has 0 N–H and O–H groups in total. The van der Waals surface area contributed by atoms with Crippen molar-refractivity contribution in [3.63, 3.8) is 0 Å². The number of aromatic nitrogens is 1. The summed E-state index contributed by atoms with van der Waals surface area (Å²) in [5.74, 6) is 7.36. The van der Waals surface area contributed by atoms with E-state index in [2.05, 4.69) is 114 Å². The van der Waals surface area contributed by atoms with Gasteiger partial charge in [-0.25, -0.2) is 0 Å². The maximum absolute atomic E-state index is 5.16. The molecule has 32 heavy (non-hydrogen) atoms. The minimum absolute atomic E-state index is 1.03. The first-order chi connectivity index (χ1) is 15.5. The van der Waals surface area contributed by atoms with Crippen LogP contribution in [0.5, 0.6) is 0 Å². The van der Waals surface area contributed by atoms with Gasteiger partial charge in [-0.3, -0.25) is 0 Å². The summed E-state index contributed by atoms with van der Waals surface area (Å²) in [6.45, 7) is 0. The molecule has 5 aromatic carbocycles. The van der Waals surface area contributed by atoms with Crippen LogP contribution < -0.4 is 4.40 Å². The van der Waals surface area contributed by atoms with E-state index in [1.54, 1.807) is 0 Å². The topological polar surface area (TPSA) is 12.9 Å². The Bertz CT molecular complexity index is 1660. The molecule has 6 aromatic rings. The summed E-state index contributed by atoms with van der Waals surface area (Å²) < 4.78 is 1.54. The van der Waals surface area contributed by atoms with Crippen LogP contribution in [0.1, 0.15) is 0 Å². The van der Waals surface area contributed by atoms with Crippen LogP contribution in [0.25, 0.3) is 54.5 Å². The molecule has 0 fully saturated rings. The number of benzene rings is 5. The van der Waals surface area contributed by atoms with Gasteiger partial charge in [0.15, 0.2) is 0 Å². The van der Waals surface area contributed by atoms with Crippen LogP contribution in [-0.2, 0) is 0 Å². The van der Waals surface area contributed by atoms with Gasteiger partial charge in [-0.05, 0) is 0 Å². The molecular weight excluding hydrogens is 447 g/mol. The number of hydrogen-bond acceptors (Lipinski definition) is 1. The van der Waals surface area contributed by atoms with E-state index in [0.29, 0.717) is 0 Å². The molecule has 0 spiro atoms. The van der Waals surface area contributed by atoms with Crippen molar-refractivity contribution in [3.05, 3.63) is 97.1 Å². The Morgan fingerprint density at radius 1 is 0.531 bits per heavy atom. The monoisotopic (exact) mass is 473 g/mol. The van der Waals surface area contributed by atoms with E-state index >= 15 is 0 Å². The molecule has 0 aliphatic heterocycles. The van der Waals surface area contributed by atoms with Gasteiger partial charge in [0.05, 0.1) is 0 Å². The molecular formula is C30H25GeN. The molecule has 0 amide bonds. The summed E-state index contributed by atoms with van der Waals surface area (Å²) in [6.07, 6.45) is 0. The average molecular weight is 472 g/mol. The third kappa shape index (κ3) is 3.11. The fourth-order valence-electron chi connectivity index (χ4n) is 4.82. The third-order valence-corrected chi connectivity index (χ3v) is 10.9. The van der Waals surface area contributed by atoms with Gasteiger partial charge in [0.1, 0.15) is 0 Å². The van der Waals surface area contributed by atoms with Crippen LogP contribution in [0.15, 0.2) is 97.1 Å². The van der Waals surface area contributed by atoms with E-state index < -0.39 is 13.3 Å². The zero-order valence-corrected chi connectivity index (χ0v) is 20.8. The summed E-state index contributed by atoms with van der Waals surface area (Å²) in [4.78, 5) is 5.16. The van der Waals surface area contributed by atoms with Gasteiger partial charge in [-0.2, -0.15) is 0 Å². The summed E-state index contributed by atoms with van der Waals surface area (Å²) in [6, 6.07) is 35.5. The molecule has 0 bridgehead atoms. The molecule has 0 aliphatic carbocycles. The van der Waals surface area contributed by atoms with Gasteiger partial charge in [0.25, 0.3) is 0 Å². The molecule has 1 heterocycles. The molecule has 6 rings (SSSR count). The van der Waals surface area contributed by atoms with E-state index in [1.807, 2.05) is 0 Å². The van der Waals surface area contributed by atoms with Crippen molar-refractivity contribution < 1.29 is 0 Å². The predicted octanol–water partition coefficient (Wildman–Crippen LogP) is 7.91. The quantitative estimate of drug-likeness (QED) is 0.184. The molecule has 1 aromatic heterocycles. The van der Waals surface area contributed by atoms with Crippen LogP contribution in [0.2, 0.25) is 17.3 Å². The van der Waals surface area contributed by atoms with Crippen LogP contribution in [0, 0.1) is 0 Å². The normalized spacial score (nSPS) is 12.2. The Kier molecular flexibility index (Phi) is 4.38. The zero-order chi connectivity index (χ0) is 21.9. The number of nitrogens with zero attached hydrogens (tertiary/aromatic N) is 1. The van der Waals surface area contributed by atoms with Crippen molar-refractivity contribution in [2.75, 3.05) is 0 Å². The van der Waals surface area contributed by atoms with Crippen molar-refractivity contribution >= 4 is 60.9 Å². The van der Waals surface area contributed by atoms with Crippen LogP contribution in [-0.4, -0.2) is 18.3 Å². The second-order valence-corrected chi connectivity index (χ2v) is 20.4. The van der Waals surface area contributed by atoms with Crippen molar-refractivity contribution in [2.45, 2.75) is 17.3 Å². The number of rotatable bonds is 2. The molecule has 154 valence electrons. The first kappa shape index (κ1) is 19.5. The van der Waals surface area contributed by atoms with Gasteiger partial charge >= 0.3 is 185 Å². The Balaban J connectivity index is 1.62. The van der Waals surface area contributed by atoms with Crippen molar-refractivity contribution in [1.82, 2.24) is 4.98 Å². The summed E-state index contributed by atoms with van der Waals surface area (Å²) in [5, 5.41) is 8.93. The van der Waals surface area contributed by atoms with E-state index in [9.17, 15) is 0 Å². The van der Waals surface area contributed by atoms with E-state index in [4.69, 9.17) is 4.98 Å². The van der Waals surface area contributed by atoms with E-state index in [-0.39, 0.29) is 0 Å². The van der Waals surface area contributed by atoms with E-state index in [0.717, 1.165) is 11.2 Å². The van der Waals surface area contributed by atoms with Crippen LogP contribution >= 0.6 is 0 Å². The summed E-state index contributed by atoms with van der Waals surface area (Å²) in [7, 11) is 0. The predicted molar refractivity (Wildman–Crippen MR) is 143 cm³/mol. The molecule has 0 atom stereocenters. The molecule has 1 nitrogen and oxygen atoms in total. The Morgan fingerprint density at radius 2 is 1.25 bits per heavy atom. The molecule has 0 radical (unpaired) electrons. The number of fused-ring (bicyclic) bond motifs is 6. The molecule has 0 saturated carbocycles. The Hall–Kier alpha value is -3.17. The van der Waals surface area contributed by atoms with Gasteiger partial charge in [-0.15, -0.1) is 0 Å². The molecule has 2 heteroatoms. The number of pyridine rings is 1. The zero-order valence-electron chi connectivity index (χ0n) is 18.7. The van der Waals surface area contributed by atoms with Crippen molar-refractivity contribution in [3.8, 4) is 11.3 Å². The van der Waals surface area contributed by atoms with Crippen molar-refractivity contribution in [1.29, 1.82) is 0 Å². The van der Waals surface area contributed by atoms with Crippen LogP contribution in [0.4, 0.5) is 0 Å². The van der Waals surface area contributed by atoms with Crippen molar-refractivity contribution in [2.24, 2.45) is 0 Å². The fraction of sp³-hybridized carbons (Fsp3) is 0.100. The molecule has 0 saturated heterocycles. The molecule has 0 unspecified atom stereocenters. The second kappa shape index (κ2) is 7.18. The number of hydrogen-bond donors (Lipinski definition) is 0. The van der Waals surface area contributed by atoms with Gasteiger partial charge in [-0.1, -0.05) is 6.07 Å². The standard InChI is InChI=1S/C30H25GeN/c1-31(2,3)22-14-12-20-13-16-29-26(27(20)19-22)15-17-30(32-29)28-18-21-8-4-5-9-23(21)24-10-6-7-11-25(24)28/h4-19H,1-3H3. The van der Waals surface area contributed by atoms with E-state index in [1.165, 1.54) is 47.7 Å². The Labute approximate surface area is 191 Å². The first-order valence-electron chi connectivity index (χ1n) is 11.2. The van der Waals surface area contributed by atoms with Crippen LogP contribution in [0.3, 0.4) is 0 Å². The first-order valence-corrected chi connectivity index (χ1v) is 18.6. The minimum atomic E-state index is -1.90. The summed E-state index contributed by atoms with van der Waals surface area (Å²) >= 11 is -1.90. The third-order valence-electron chi connectivity index (χ3n) is 6.60. The van der Waals surface area contributed by atoms with Gasteiger partial charge in [0.2, 0.25) is 0 Å². The summed E-state index contributed by atoms with van der Waals surface area (Å²) in [5.41, 5.74) is 3.29. The van der Waals surface area contributed by atoms with Gasteiger partial charge in [0, 0.05) is 0 Å². The average Bonchev–Trinajstić information content (AvgIpc) is 2.82. The maximum atomic E-state index is 5.16. The second-order valence-electron chi connectivity index (χ2n) is 9.71. The van der Waals surface area contributed by atoms with Gasteiger partial charge < -0.3 is 0 Å². The fourth-order valence-corrected chi connectivity index (χ4v) is 7.25. The Morgan fingerprint density at radius 3 is 2.06 bits per heavy atom.